The van der Waals surface area contributed by atoms with Crippen LogP contribution in [0.3, 0.4) is 0 Å². The zero-order valence-corrected chi connectivity index (χ0v) is 8.25. The first-order valence-electron chi connectivity index (χ1n) is 4.81. The van der Waals surface area contributed by atoms with Crippen LogP contribution in [0.1, 0.15) is 19.3 Å². The first kappa shape index (κ1) is 9.68. The topological polar surface area (TPSA) is 44.8 Å². The maximum Gasteiger partial charge on any atom is 0.333 e. The molecule has 1 heterocycles. The van der Waals surface area contributed by atoms with Crippen LogP contribution in [0, 0.1) is 0 Å². The van der Waals surface area contributed by atoms with Gasteiger partial charge in [-0.25, -0.2) is 4.79 Å². The summed E-state index contributed by atoms with van der Waals surface area (Å²) in [6.45, 7) is 1.31. The van der Waals surface area contributed by atoms with E-state index in [9.17, 15) is 4.79 Å². The lowest BCUT2D eigenvalue weighted by atomic mass is 9.94. The highest BCUT2D eigenvalue weighted by Gasteiger charge is 2.38. The Bertz CT molecular complexity index is 263. The first-order chi connectivity index (χ1) is 6.76. The van der Waals surface area contributed by atoms with Crippen LogP contribution >= 0.6 is 0 Å². The fourth-order valence-electron chi connectivity index (χ4n) is 1.88. The largest absolute Gasteiger partial charge is 0.466 e. The Morgan fingerprint density at radius 3 is 2.71 bits per heavy atom. The number of rotatable bonds is 1. The SMILES string of the molecule is COC(=O)C1=CCC2(CC1)OCCO2. The predicted octanol–water partition coefficient (Wildman–Crippen LogP) is 1.01. The third-order valence-electron chi connectivity index (χ3n) is 2.70. The Kier molecular flexibility index (Phi) is 2.56. The maximum atomic E-state index is 11.2. The third-order valence-corrected chi connectivity index (χ3v) is 2.70. The molecule has 2 aliphatic rings. The van der Waals surface area contributed by atoms with Crippen LogP contribution in [0.15, 0.2) is 11.6 Å². The van der Waals surface area contributed by atoms with E-state index in [0.29, 0.717) is 26.1 Å². The van der Waals surface area contributed by atoms with Gasteiger partial charge in [0.1, 0.15) is 0 Å². The zero-order chi connectivity index (χ0) is 10.0. The van der Waals surface area contributed by atoms with Gasteiger partial charge in [-0.2, -0.15) is 0 Å². The molecule has 1 spiro atoms. The molecule has 0 amide bonds. The van der Waals surface area contributed by atoms with Crippen LogP contribution in [0.2, 0.25) is 0 Å². The molecule has 0 radical (unpaired) electrons. The van der Waals surface area contributed by atoms with Crippen molar-refractivity contribution >= 4 is 5.97 Å². The Morgan fingerprint density at radius 1 is 1.50 bits per heavy atom. The summed E-state index contributed by atoms with van der Waals surface area (Å²) < 4.78 is 15.7. The molecule has 14 heavy (non-hydrogen) atoms. The highest BCUT2D eigenvalue weighted by atomic mass is 16.7. The molecule has 0 bridgehead atoms. The van der Waals surface area contributed by atoms with Gasteiger partial charge in [0.05, 0.1) is 20.3 Å². The molecule has 4 nitrogen and oxygen atoms in total. The van der Waals surface area contributed by atoms with Crippen molar-refractivity contribution < 1.29 is 19.0 Å². The van der Waals surface area contributed by atoms with Crippen molar-refractivity contribution in [2.24, 2.45) is 0 Å². The molecule has 1 aliphatic carbocycles. The van der Waals surface area contributed by atoms with Gasteiger partial charge in [0.15, 0.2) is 5.79 Å². The number of hydrogen-bond acceptors (Lipinski definition) is 4. The van der Waals surface area contributed by atoms with Crippen molar-refractivity contribution in [2.45, 2.75) is 25.0 Å². The second kappa shape index (κ2) is 3.71. The smallest absolute Gasteiger partial charge is 0.333 e. The molecule has 0 unspecified atom stereocenters. The highest BCUT2D eigenvalue weighted by Crippen LogP contribution is 2.35. The van der Waals surface area contributed by atoms with Crippen molar-refractivity contribution in [1.82, 2.24) is 0 Å². The lowest BCUT2D eigenvalue weighted by Crippen LogP contribution is -2.32. The van der Waals surface area contributed by atoms with Gasteiger partial charge in [-0.3, -0.25) is 0 Å². The van der Waals surface area contributed by atoms with E-state index in [1.54, 1.807) is 0 Å². The summed E-state index contributed by atoms with van der Waals surface area (Å²) >= 11 is 0. The van der Waals surface area contributed by atoms with Crippen LogP contribution in [0.4, 0.5) is 0 Å². The number of esters is 1. The average Bonchev–Trinajstić information content (AvgIpc) is 2.67. The molecule has 1 saturated heterocycles. The normalized spacial score (nSPS) is 24.8. The predicted molar refractivity (Wildman–Crippen MR) is 48.6 cm³/mol. The van der Waals surface area contributed by atoms with Gasteiger partial charge >= 0.3 is 5.97 Å². The summed E-state index contributed by atoms with van der Waals surface area (Å²) in [6.07, 6.45) is 3.93. The van der Waals surface area contributed by atoms with E-state index in [0.717, 1.165) is 12.0 Å². The summed E-state index contributed by atoms with van der Waals surface area (Å²) in [7, 11) is 1.40. The van der Waals surface area contributed by atoms with Gasteiger partial charge in [-0.15, -0.1) is 0 Å². The third kappa shape index (κ3) is 1.67. The molecule has 1 fully saturated rings. The minimum Gasteiger partial charge on any atom is -0.466 e. The van der Waals surface area contributed by atoms with Crippen LogP contribution in [-0.4, -0.2) is 32.1 Å². The Hall–Kier alpha value is -0.870. The molecule has 0 aromatic carbocycles. The van der Waals surface area contributed by atoms with E-state index in [1.807, 2.05) is 6.08 Å². The van der Waals surface area contributed by atoms with Crippen LogP contribution < -0.4 is 0 Å². The second-order valence-corrected chi connectivity index (χ2v) is 3.53. The van der Waals surface area contributed by atoms with Gasteiger partial charge in [0.2, 0.25) is 0 Å². The van der Waals surface area contributed by atoms with Gasteiger partial charge in [-0.1, -0.05) is 6.08 Å². The fraction of sp³-hybridized carbons (Fsp3) is 0.700. The van der Waals surface area contributed by atoms with E-state index < -0.39 is 5.79 Å². The summed E-state index contributed by atoms with van der Waals surface area (Å²) in [5, 5.41) is 0. The Morgan fingerprint density at radius 2 is 2.21 bits per heavy atom. The van der Waals surface area contributed by atoms with Gasteiger partial charge < -0.3 is 14.2 Å². The van der Waals surface area contributed by atoms with Crippen molar-refractivity contribution in [2.75, 3.05) is 20.3 Å². The number of ether oxygens (including phenoxy) is 3. The van der Waals surface area contributed by atoms with E-state index in [1.165, 1.54) is 7.11 Å². The summed E-state index contributed by atoms with van der Waals surface area (Å²) in [4.78, 5) is 11.2. The molecule has 4 heteroatoms. The van der Waals surface area contributed by atoms with Gasteiger partial charge in [0.25, 0.3) is 0 Å². The Labute approximate surface area is 82.8 Å². The molecule has 0 aromatic heterocycles. The number of methoxy groups -OCH3 is 1. The summed E-state index contributed by atoms with van der Waals surface area (Å²) in [5.74, 6) is -0.685. The van der Waals surface area contributed by atoms with Gasteiger partial charge in [0, 0.05) is 18.4 Å². The maximum absolute atomic E-state index is 11.2. The van der Waals surface area contributed by atoms with Gasteiger partial charge in [-0.05, 0) is 6.42 Å². The lowest BCUT2D eigenvalue weighted by molar-refractivity contribution is -0.162. The van der Waals surface area contributed by atoms with E-state index in [-0.39, 0.29) is 5.97 Å². The van der Waals surface area contributed by atoms with E-state index >= 15 is 0 Å². The molecule has 1 aliphatic heterocycles. The first-order valence-corrected chi connectivity index (χ1v) is 4.81. The molecule has 0 N–H and O–H groups in total. The zero-order valence-electron chi connectivity index (χ0n) is 8.25. The molecule has 0 saturated carbocycles. The fourth-order valence-corrected chi connectivity index (χ4v) is 1.88. The molecule has 0 atom stereocenters. The average molecular weight is 198 g/mol. The minimum atomic E-state index is -0.447. The number of carbonyl (C=O) groups is 1. The molecule has 78 valence electrons. The van der Waals surface area contributed by atoms with E-state index in [2.05, 4.69) is 4.74 Å². The minimum absolute atomic E-state index is 0.238. The molecular formula is C10H14O4. The summed E-state index contributed by atoms with van der Waals surface area (Å²) in [6, 6.07) is 0. The van der Waals surface area contributed by atoms with Crippen molar-refractivity contribution in [3.05, 3.63) is 11.6 Å². The monoisotopic (exact) mass is 198 g/mol. The van der Waals surface area contributed by atoms with Crippen LogP contribution in [0.5, 0.6) is 0 Å². The quantitative estimate of drug-likeness (QED) is 0.590. The molecular weight excluding hydrogens is 184 g/mol. The molecule has 2 rings (SSSR count). The van der Waals surface area contributed by atoms with Crippen molar-refractivity contribution in [3.63, 3.8) is 0 Å². The van der Waals surface area contributed by atoms with Crippen molar-refractivity contribution in [1.29, 1.82) is 0 Å². The lowest BCUT2D eigenvalue weighted by Gasteiger charge is -2.29. The van der Waals surface area contributed by atoms with Crippen LogP contribution in [-0.2, 0) is 19.0 Å². The van der Waals surface area contributed by atoms with Crippen LogP contribution in [0.25, 0.3) is 0 Å². The summed E-state index contributed by atoms with van der Waals surface area (Å²) in [5.41, 5.74) is 0.734. The number of hydrogen-bond donors (Lipinski definition) is 0. The second-order valence-electron chi connectivity index (χ2n) is 3.53. The Balaban J connectivity index is 2.02. The molecule has 0 aromatic rings. The van der Waals surface area contributed by atoms with Crippen molar-refractivity contribution in [3.8, 4) is 0 Å². The highest BCUT2D eigenvalue weighted by molar-refractivity contribution is 5.88. The van der Waals surface area contributed by atoms with E-state index in [4.69, 9.17) is 9.47 Å². The standard InChI is InChI=1S/C10H14O4/c1-12-9(11)8-2-4-10(5-3-8)13-6-7-14-10/h2H,3-7H2,1H3. The number of carbonyl (C=O) groups excluding carboxylic acids is 1.